The average molecular weight is 251 g/mol. The fraction of sp³-hybridized carbons (Fsp3) is 0.300. The summed E-state index contributed by atoms with van der Waals surface area (Å²) in [5.41, 5.74) is 4.91. The van der Waals surface area contributed by atoms with Crippen LogP contribution in [0.3, 0.4) is 0 Å². The van der Waals surface area contributed by atoms with Gasteiger partial charge in [-0.2, -0.15) is 5.10 Å². The SMILES string of the molecule is Cc1cc(C)n(Cc2csc(C(=O)NN)n2)n1. The van der Waals surface area contributed by atoms with Crippen LogP contribution < -0.4 is 11.3 Å². The van der Waals surface area contributed by atoms with Crippen LogP contribution in [0, 0.1) is 13.8 Å². The molecule has 0 aliphatic rings. The van der Waals surface area contributed by atoms with E-state index in [-0.39, 0.29) is 5.91 Å². The Hall–Kier alpha value is -1.73. The van der Waals surface area contributed by atoms with Crippen molar-refractivity contribution >= 4 is 17.2 Å². The maximum absolute atomic E-state index is 11.2. The number of carbonyl (C=O) groups excluding carboxylic acids is 1. The van der Waals surface area contributed by atoms with Crippen LogP contribution in [-0.2, 0) is 6.54 Å². The topological polar surface area (TPSA) is 85.8 Å². The normalized spacial score (nSPS) is 10.5. The van der Waals surface area contributed by atoms with E-state index in [1.54, 1.807) is 0 Å². The highest BCUT2D eigenvalue weighted by Crippen LogP contribution is 2.12. The highest BCUT2D eigenvalue weighted by Gasteiger charge is 2.10. The van der Waals surface area contributed by atoms with Crippen molar-refractivity contribution in [2.75, 3.05) is 0 Å². The first-order chi connectivity index (χ1) is 8.10. The Morgan fingerprint density at radius 1 is 1.59 bits per heavy atom. The molecule has 0 saturated heterocycles. The Kier molecular flexibility index (Phi) is 3.21. The van der Waals surface area contributed by atoms with Gasteiger partial charge in [0.2, 0.25) is 0 Å². The van der Waals surface area contributed by atoms with Gasteiger partial charge in [0.1, 0.15) is 0 Å². The molecule has 2 heterocycles. The Bertz CT molecular complexity index is 545. The Balaban J connectivity index is 2.17. The highest BCUT2D eigenvalue weighted by molar-refractivity contribution is 7.11. The number of hydrazine groups is 1. The molecule has 0 fully saturated rings. The lowest BCUT2D eigenvalue weighted by Crippen LogP contribution is -2.29. The number of nitrogens with two attached hydrogens (primary N) is 1. The molecule has 0 unspecified atom stereocenters. The van der Waals surface area contributed by atoms with Crippen molar-refractivity contribution in [2.45, 2.75) is 20.4 Å². The molecular formula is C10H13N5OS. The van der Waals surface area contributed by atoms with Gasteiger partial charge in [-0.25, -0.2) is 10.8 Å². The summed E-state index contributed by atoms with van der Waals surface area (Å²) in [4.78, 5) is 15.4. The molecule has 17 heavy (non-hydrogen) atoms. The van der Waals surface area contributed by atoms with Crippen molar-refractivity contribution in [3.05, 3.63) is 33.5 Å². The molecule has 90 valence electrons. The number of nitrogens with one attached hydrogen (secondary N) is 1. The van der Waals surface area contributed by atoms with E-state index in [9.17, 15) is 4.79 Å². The molecule has 3 N–H and O–H groups in total. The molecule has 0 aliphatic heterocycles. The first-order valence-electron chi connectivity index (χ1n) is 5.06. The van der Waals surface area contributed by atoms with Gasteiger partial charge >= 0.3 is 0 Å². The summed E-state index contributed by atoms with van der Waals surface area (Å²) in [7, 11) is 0. The molecule has 6 nitrogen and oxygen atoms in total. The molecule has 7 heteroatoms. The van der Waals surface area contributed by atoms with Crippen LogP contribution in [-0.4, -0.2) is 20.7 Å². The zero-order valence-electron chi connectivity index (χ0n) is 9.60. The summed E-state index contributed by atoms with van der Waals surface area (Å²) in [5.74, 6) is 4.68. The smallest absolute Gasteiger partial charge is 0.288 e. The molecule has 0 saturated carbocycles. The third-order valence-corrected chi connectivity index (χ3v) is 3.18. The Labute approximate surface area is 102 Å². The van der Waals surface area contributed by atoms with Gasteiger partial charge < -0.3 is 0 Å². The van der Waals surface area contributed by atoms with Gasteiger partial charge in [-0.3, -0.25) is 14.9 Å². The molecule has 0 spiro atoms. The molecule has 2 aromatic rings. The second-order valence-corrected chi connectivity index (χ2v) is 4.56. The number of hydrogen-bond acceptors (Lipinski definition) is 5. The van der Waals surface area contributed by atoms with E-state index in [0.717, 1.165) is 17.1 Å². The first kappa shape index (κ1) is 11.7. The molecule has 2 aromatic heterocycles. The maximum atomic E-state index is 11.2. The number of hydrogen-bond donors (Lipinski definition) is 2. The average Bonchev–Trinajstić information content (AvgIpc) is 2.86. The van der Waals surface area contributed by atoms with Crippen LogP contribution >= 0.6 is 11.3 Å². The van der Waals surface area contributed by atoms with E-state index in [4.69, 9.17) is 5.84 Å². The lowest BCUT2D eigenvalue weighted by atomic mass is 10.4. The molecule has 0 aliphatic carbocycles. The van der Waals surface area contributed by atoms with E-state index in [2.05, 4.69) is 15.5 Å². The molecular weight excluding hydrogens is 238 g/mol. The highest BCUT2D eigenvalue weighted by atomic mass is 32.1. The molecule has 0 radical (unpaired) electrons. The van der Waals surface area contributed by atoms with Crippen molar-refractivity contribution in [3.8, 4) is 0 Å². The predicted octanol–water partition coefficient (Wildman–Crippen LogP) is 0.608. The maximum Gasteiger partial charge on any atom is 0.294 e. The quantitative estimate of drug-likeness (QED) is 0.475. The van der Waals surface area contributed by atoms with Gasteiger partial charge in [-0.1, -0.05) is 0 Å². The zero-order valence-corrected chi connectivity index (χ0v) is 10.4. The van der Waals surface area contributed by atoms with Crippen molar-refractivity contribution in [1.82, 2.24) is 20.2 Å². The number of aryl methyl sites for hydroxylation is 2. The third-order valence-electron chi connectivity index (χ3n) is 2.29. The van der Waals surface area contributed by atoms with E-state index < -0.39 is 0 Å². The lowest BCUT2D eigenvalue weighted by Gasteiger charge is -2.00. The lowest BCUT2D eigenvalue weighted by molar-refractivity contribution is 0.0953. The first-order valence-corrected chi connectivity index (χ1v) is 5.94. The summed E-state index contributed by atoms with van der Waals surface area (Å²) >= 11 is 1.27. The van der Waals surface area contributed by atoms with Crippen LogP contribution in [0.4, 0.5) is 0 Å². The summed E-state index contributed by atoms with van der Waals surface area (Å²) in [5, 5.41) is 6.54. The van der Waals surface area contributed by atoms with E-state index in [0.29, 0.717) is 11.6 Å². The van der Waals surface area contributed by atoms with Crippen molar-refractivity contribution in [1.29, 1.82) is 0 Å². The van der Waals surface area contributed by atoms with Gasteiger partial charge in [0.15, 0.2) is 5.01 Å². The van der Waals surface area contributed by atoms with Crippen LogP contribution in [0.25, 0.3) is 0 Å². The minimum atomic E-state index is -0.366. The number of nitrogens with zero attached hydrogens (tertiary/aromatic N) is 3. The van der Waals surface area contributed by atoms with Crippen molar-refractivity contribution < 1.29 is 4.79 Å². The third kappa shape index (κ3) is 2.51. The number of amides is 1. The van der Waals surface area contributed by atoms with E-state index in [1.807, 2.05) is 30.0 Å². The fourth-order valence-electron chi connectivity index (χ4n) is 1.53. The van der Waals surface area contributed by atoms with Crippen LogP contribution in [0.1, 0.15) is 26.9 Å². The number of aromatic nitrogens is 3. The molecule has 0 atom stereocenters. The van der Waals surface area contributed by atoms with Crippen LogP contribution in [0.15, 0.2) is 11.4 Å². The Morgan fingerprint density at radius 2 is 2.35 bits per heavy atom. The summed E-state index contributed by atoms with van der Waals surface area (Å²) in [6.07, 6.45) is 0. The van der Waals surface area contributed by atoms with E-state index in [1.165, 1.54) is 11.3 Å². The molecule has 0 bridgehead atoms. The minimum Gasteiger partial charge on any atom is -0.288 e. The fourth-order valence-corrected chi connectivity index (χ4v) is 2.24. The van der Waals surface area contributed by atoms with Crippen LogP contribution in [0.5, 0.6) is 0 Å². The second-order valence-electron chi connectivity index (χ2n) is 3.70. The predicted molar refractivity (Wildman–Crippen MR) is 64.6 cm³/mol. The summed E-state index contributed by atoms with van der Waals surface area (Å²) in [6, 6.07) is 2.00. The van der Waals surface area contributed by atoms with Gasteiger partial charge in [-0.05, 0) is 19.9 Å². The van der Waals surface area contributed by atoms with Crippen molar-refractivity contribution in [2.24, 2.45) is 5.84 Å². The Morgan fingerprint density at radius 3 is 2.94 bits per heavy atom. The second kappa shape index (κ2) is 4.64. The number of nitrogen functional groups attached to an aromatic ring is 1. The molecule has 0 aromatic carbocycles. The van der Waals surface area contributed by atoms with E-state index >= 15 is 0 Å². The number of carbonyl (C=O) groups is 1. The zero-order chi connectivity index (χ0) is 12.4. The number of thiazole rings is 1. The van der Waals surface area contributed by atoms with Gasteiger partial charge in [0.05, 0.1) is 17.9 Å². The van der Waals surface area contributed by atoms with Gasteiger partial charge in [-0.15, -0.1) is 11.3 Å². The summed E-state index contributed by atoms with van der Waals surface area (Å²) < 4.78 is 1.86. The van der Waals surface area contributed by atoms with Crippen molar-refractivity contribution in [3.63, 3.8) is 0 Å². The van der Waals surface area contributed by atoms with Gasteiger partial charge in [0.25, 0.3) is 5.91 Å². The molecule has 2 rings (SSSR count). The van der Waals surface area contributed by atoms with Gasteiger partial charge in [0, 0.05) is 11.1 Å². The summed E-state index contributed by atoms with van der Waals surface area (Å²) in [6.45, 7) is 4.49. The largest absolute Gasteiger partial charge is 0.294 e. The monoisotopic (exact) mass is 251 g/mol. The minimum absolute atomic E-state index is 0.365. The van der Waals surface area contributed by atoms with Crippen LogP contribution in [0.2, 0.25) is 0 Å². The standard InChI is InChI=1S/C10H13N5OS/c1-6-3-7(2)15(14-6)4-8-5-17-10(12-8)9(16)13-11/h3,5H,4,11H2,1-2H3,(H,13,16). The molecule has 1 amide bonds. The number of rotatable bonds is 3.